The molecule has 6 nitrogen and oxygen atoms in total. The number of halogens is 1. The second-order valence-corrected chi connectivity index (χ2v) is 5.54. The van der Waals surface area contributed by atoms with Gasteiger partial charge in [0.1, 0.15) is 0 Å². The summed E-state index contributed by atoms with van der Waals surface area (Å²) in [5, 5.41) is 0. The van der Waals surface area contributed by atoms with E-state index in [1.807, 2.05) is 11.8 Å². The fourth-order valence-electron chi connectivity index (χ4n) is 2.45. The Bertz CT molecular complexity index is 776. The average Bonchev–Trinajstić information content (AvgIpc) is 2.60. The lowest BCUT2D eigenvalue weighted by Crippen LogP contribution is -2.34. The summed E-state index contributed by atoms with van der Waals surface area (Å²) in [6.07, 6.45) is 5.15. The molecule has 0 fully saturated rings. The van der Waals surface area contributed by atoms with Gasteiger partial charge in [-0.15, -0.1) is 6.58 Å². The van der Waals surface area contributed by atoms with E-state index in [-0.39, 0.29) is 11.1 Å². The maximum Gasteiger partial charge on any atom is 0.255 e. The molecule has 0 aliphatic rings. The summed E-state index contributed by atoms with van der Waals surface area (Å²) in [7, 11) is 1.66. The largest absolute Gasteiger partial charge is 0.376 e. The number of hydrogen-bond acceptors (Lipinski definition) is 5. The highest BCUT2D eigenvalue weighted by Gasteiger charge is 2.16. The molecule has 0 aromatic carbocycles. The van der Waals surface area contributed by atoms with Crippen molar-refractivity contribution < 1.29 is 9.13 Å². The lowest BCUT2D eigenvalue weighted by Gasteiger charge is -2.25. The molecule has 0 saturated carbocycles. The highest BCUT2D eigenvalue weighted by molar-refractivity contribution is 5.60. The molecule has 7 heteroatoms. The zero-order valence-electron chi connectivity index (χ0n) is 14.6. The fraction of sp³-hybridized carbons (Fsp3) is 0.389. The van der Waals surface area contributed by atoms with Crippen molar-refractivity contribution in [2.45, 2.75) is 13.3 Å². The van der Waals surface area contributed by atoms with Crippen LogP contribution in [-0.2, 0) is 11.8 Å². The Labute approximate surface area is 146 Å². The first-order valence-electron chi connectivity index (χ1n) is 8.20. The van der Waals surface area contributed by atoms with Gasteiger partial charge in [0.2, 0.25) is 5.95 Å². The van der Waals surface area contributed by atoms with Crippen molar-refractivity contribution in [1.82, 2.24) is 14.5 Å². The molecule has 2 heterocycles. The third-order valence-corrected chi connectivity index (χ3v) is 3.68. The summed E-state index contributed by atoms with van der Waals surface area (Å²) in [4.78, 5) is 22.6. The van der Waals surface area contributed by atoms with E-state index in [9.17, 15) is 9.18 Å². The highest BCUT2D eigenvalue weighted by Crippen LogP contribution is 2.21. The first kappa shape index (κ1) is 18.8. The van der Waals surface area contributed by atoms with Crippen LogP contribution in [0.25, 0.3) is 11.3 Å². The van der Waals surface area contributed by atoms with E-state index in [0.29, 0.717) is 37.9 Å². The number of ether oxygens (including phenoxy) is 1. The second-order valence-electron chi connectivity index (χ2n) is 5.54. The molecule has 2 rings (SSSR count). The quantitative estimate of drug-likeness (QED) is 0.515. The molecule has 0 atom stereocenters. The lowest BCUT2D eigenvalue weighted by atomic mass is 10.2. The Kier molecular flexibility index (Phi) is 6.82. The lowest BCUT2D eigenvalue weighted by molar-refractivity contribution is 0.168. The number of hydrogen-bond donors (Lipinski definition) is 0. The van der Waals surface area contributed by atoms with Crippen LogP contribution in [0.2, 0.25) is 0 Å². The summed E-state index contributed by atoms with van der Waals surface area (Å²) in [5.41, 5.74) is 0.309. The van der Waals surface area contributed by atoms with Gasteiger partial charge in [0.05, 0.1) is 25.1 Å². The number of rotatable bonds is 9. The molecule has 2 aromatic rings. The van der Waals surface area contributed by atoms with E-state index >= 15 is 0 Å². The Hall–Kier alpha value is -2.54. The molecule has 0 bridgehead atoms. The van der Waals surface area contributed by atoms with Gasteiger partial charge in [-0.05, 0) is 12.5 Å². The van der Waals surface area contributed by atoms with Gasteiger partial charge >= 0.3 is 0 Å². The first-order chi connectivity index (χ1) is 12.1. The van der Waals surface area contributed by atoms with E-state index in [0.717, 1.165) is 12.6 Å². The molecule has 2 aromatic heterocycles. The van der Waals surface area contributed by atoms with E-state index in [2.05, 4.69) is 16.5 Å². The minimum absolute atomic E-state index is 0.246. The van der Waals surface area contributed by atoms with E-state index in [1.54, 1.807) is 13.1 Å². The summed E-state index contributed by atoms with van der Waals surface area (Å²) in [5.74, 6) is -0.0201. The Morgan fingerprint density at radius 3 is 2.92 bits per heavy atom. The molecule has 0 aliphatic carbocycles. The molecular weight excluding hydrogens is 323 g/mol. The molecule has 0 amide bonds. The van der Waals surface area contributed by atoms with Crippen molar-refractivity contribution in [2.24, 2.45) is 7.05 Å². The van der Waals surface area contributed by atoms with Gasteiger partial charge in [-0.2, -0.15) is 0 Å². The normalized spacial score (nSPS) is 10.7. The van der Waals surface area contributed by atoms with Crippen LogP contribution in [0.15, 0.2) is 42.0 Å². The maximum atomic E-state index is 14.0. The smallest absolute Gasteiger partial charge is 0.255 e. The van der Waals surface area contributed by atoms with Crippen molar-refractivity contribution in [2.75, 3.05) is 31.2 Å². The minimum atomic E-state index is -0.509. The molecule has 0 radical (unpaired) electrons. The molecule has 0 N–H and O–H groups in total. The van der Waals surface area contributed by atoms with E-state index in [1.165, 1.54) is 22.9 Å². The molecule has 0 aliphatic heterocycles. The molecule has 25 heavy (non-hydrogen) atoms. The number of aromatic nitrogens is 3. The van der Waals surface area contributed by atoms with Crippen LogP contribution in [0.3, 0.4) is 0 Å². The van der Waals surface area contributed by atoms with Gasteiger partial charge in [0.25, 0.3) is 5.56 Å². The third-order valence-electron chi connectivity index (χ3n) is 3.68. The molecule has 134 valence electrons. The Morgan fingerprint density at radius 2 is 2.24 bits per heavy atom. The minimum Gasteiger partial charge on any atom is -0.376 e. The van der Waals surface area contributed by atoms with Gasteiger partial charge < -0.3 is 9.64 Å². The summed E-state index contributed by atoms with van der Waals surface area (Å²) in [6, 6.07) is 2.85. The third kappa shape index (κ3) is 4.73. The summed E-state index contributed by atoms with van der Waals surface area (Å²) < 4.78 is 20.9. The average molecular weight is 346 g/mol. The summed E-state index contributed by atoms with van der Waals surface area (Å²) >= 11 is 0. The summed E-state index contributed by atoms with van der Waals surface area (Å²) in [6.45, 7) is 7.89. The zero-order valence-corrected chi connectivity index (χ0v) is 14.6. The first-order valence-corrected chi connectivity index (χ1v) is 8.20. The van der Waals surface area contributed by atoms with Crippen LogP contribution in [0, 0.1) is 5.82 Å². The van der Waals surface area contributed by atoms with Gasteiger partial charge in [-0.25, -0.2) is 9.37 Å². The predicted octanol–water partition coefficient (Wildman–Crippen LogP) is 2.40. The standard InChI is InChI=1S/C18H23FN4O2/c1-4-8-23(9-11-25-10-5-2)18-21-16(12-17(24)22(18)3)14-6-7-20-13-15(14)19/h5-7,12-13H,2,4,8-11H2,1,3H3. The van der Waals surface area contributed by atoms with Gasteiger partial charge in [-0.3, -0.25) is 14.3 Å². The predicted molar refractivity (Wildman–Crippen MR) is 96.2 cm³/mol. The van der Waals surface area contributed by atoms with Crippen molar-refractivity contribution >= 4 is 5.95 Å². The van der Waals surface area contributed by atoms with Crippen LogP contribution in [0.5, 0.6) is 0 Å². The zero-order chi connectivity index (χ0) is 18.2. The van der Waals surface area contributed by atoms with Gasteiger partial charge in [-0.1, -0.05) is 13.0 Å². The second kappa shape index (κ2) is 9.08. The van der Waals surface area contributed by atoms with E-state index in [4.69, 9.17) is 4.74 Å². The van der Waals surface area contributed by atoms with Crippen molar-refractivity contribution in [1.29, 1.82) is 0 Å². The molecule has 0 unspecified atom stereocenters. The van der Waals surface area contributed by atoms with Crippen molar-refractivity contribution in [3.63, 3.8) is 0 Å². The van der Waals surface area contributed by atoms with E-state index < -0.39 is 5.82 Å². The van der Waals surface area contributed by atoms with Crippen LogP contribution >= 0.6 is 0 Å². The molecule has 0 saturated heterocycles. The Morgan fingerprint density at radius 1 is 1.44 bits per heavy atom. The monoisotopic (exact) mass is 346 g/mol. The molecule has 0 spiro atoms. The van der Waals surface area contributed by atoms with Gasteiger partial charge in [0, 0.05) is 38.0 Å². The number of nitrogens with zero attached hydrogens (tertiary/aromatic N) is 4. The number of anilines is 1. The maximum absolute atomic E-state index is 14.0. The Balaban J connectivity index is 2.38. The van der Waals surface area contributed by atoms with Crippen molar-refractivity contribution in [3.05, 3.63) is 53.4 Å². The topological polar surface area (TPSA) is 60.2 Å². The van der Waals surface area contributed by atoms with Crippen LogP contribution in [-0.4, -0.2) is 40.8 Å². The van der Waals surface area contributed by atoms with Crippen LogP contribution in [0.4, 0.5) is 10.3 Å². The van der Waals surface area contributed by atoms with Crippen LogP contribution < -0.4 is 10.5 Å². The van der Waals surface area contributed by atoms with Crippen LogP contribution in [0.1, 0.15) is 13.3 Å². The molecular formula is C18H23FN4O2. The number of pyridine rings is 1. The highest BCUT2D eigenvalue weighted by atomic mass is 19.1. The van der Waals surface area contributed by atoms with Crippen molar-refractivity contribution in [3.8, 4) is 11.3 Å². The van der Waals surface area contributed by atoms with Gasteiger partial charge in [0.15, 0.2) is 5.82 Å². The fourth-order valence-corrected chi connectivity index (χ4v) is 2.45. The SMILES string of the molecule is C=CCOCCN(CCC)c1nc(-c2ccncc2F)cc(=O)n1C.